The number of aryl methyl sites for hydroxylation is 2. The highest BCUT2D eigenvalue weighted by Crippen LogP contribution is 2.22. The molecule has 0 heterocycles. The third-order valence-corrected chi connectivity index (χ3v) is 6.55. The number of anilines is 1. The van der Waals surface area contributed by atoms with E-state index >= 15 is 0 Å². The van der Waals surface area contributed by atoms with Gasteiger partial charge in [-0.3, -0.25) is 4.79 Å². The lowest BCUT2D eigenvalue weighted by Crippen LogP contribution is -2.31. The topological polar surface area (TPSA) is 75.7 Å². The van der Waals surface area contributed by atoms with E-state index in [-0.39, 0.29) is 10.8 Å². The predicted molar refractivity (Wildman–Crippen MR) is 111 cm³/mol. The fourth-order valence-corrected chi connectivity index (χ4v) is 4.20. The Balaban J connectivity index is 2.07. The second-order valence-corrected chi connectivity index (χ2v) is 8.57. The van der Waals surface area contributed by atoms with Gasteiger partial charge in [0.2, 0.25) is 10.0 Å². The molecular weight excluding hydrogens is 376 g/mol. The maximum atomic E-state index is 12.5. The fourth-order valence-electron chi connectivity index (χ4n) is 2.74. The van der Waals surface area contributed by atoms with Crippen molar-refractivity contribution < 1.29 is 17.9 Å². The lowest BCUT2D eigenvalue weighted by atomic mass is 10.1. The van der Waals surface area contributed by atoms with Crippen molar-refractivity contribution in [2.45, 2.75) is 45.6 Å². The van der Waals surface area contributed by atoms with Crippen LogP contribution in [0.25, 0.3) is 0 Å². The highest BCUT2D eigenvalue weighted by Gasteiger charge is 2.22. The zero-order valence-corrected chi connectivity index (χ0v) is 17.8. The van der Waals surface area contributed by atoms with Crippen molar-refractivity contribution in [3.05, 3.63) is 53.6 Å². The third kappa shape index (κ3) is 5.11. The van der Waals surface area contributed by atoms with Gasteiger partial charge < -0.3 is 10.1 Å². The van der Waals surface area contributed by atoms with Crippen LogP contribution >= 0.6 is 0 Å². The number of nitrogens with one attached hydrogen (secondary N) is 1. The van der Waals surface area contributed by atoms with Crippen LogP contribution in [0.3, 0.4) is 0 Å². The van der Waals surface area contributed by atoms with E-state index in [4.69, 9.17) is 4.74 Å². The largest absolute Gasteiger partial charge is 0.481 e. The molecule has 0 aliphatic heterocycles. The van der Waals surface area contributed by atoms with E-state index in [1.165, 1.54) is 16.4 Å². The van der Waals surface area contributed by atoms with Crippen LogP contribution in [0.2, 0.25) is 0 Å². The highest BCUT2D eigenvalue weighted by atomic mass is 32.2. The van der Waals surface area contributed by atoms with E-state index in [1.807, 2.05) is 32.0 Å². The van der Waals surface area contributed by atoms with Crippen LogP contribution in [-0.2, 0) is 14.8 Å². The summed E-state index contributed by atoms with van der Waals surface area (Å²) in [6, 6.07) is 12.0. The molecule has 1 amide bonds. The number of nitrogens with zero attached hydrogens (tertiary/aromatic N) is 1. The summed E-state index contributed by atoms with van der Waals surface area (Å²) in [6.45, 7) is 9.98. The minimum Gasteiger partial charge on any atom is -0.481 e. The number of carbonyl (C=O) groups is 1. The first-order valence-corrected chi connectivity index (χ1v) is 10.8. The van der Waals surface area contributed by atoms with Crippen LogP contribution in [0.1, 0.15) is 31.9 Å². The number of amides is 1. The number of rotatable bonds is 8. The minimum atomic E-state index is -3.52. The number of benzene rings is 2. The molecule has 0 bridgehead atoms. The number of hydrogen-bond acceptors (Lipinski definition) is 4. The van der Waals surface area contributed by atoms with Crippen molar-refractivity contribution in [1.82, 2.24) is 4.31 Å². The molecule has 2 aromatic carbocycles. The van der Waals surface area contributed by atoms with Gasteiger partial charge in [0.15, 0.2) is 6.10 Å². The predicted octanol–water partition coefficient (Wildman–Crippen LogP) is 3.74. The van der Waals surface area contributed by atoms with Crippen molar-refractivity contribution in [1.29, 1.82) is 0 Å². The van der Waals surface area contributed by atoms with E-state index in [0.717, 1.165) is 11.1 Å². The number of sulfonamides is 1. The Morgan fingerprint density at radius 2 is 1.68 bits per heavy atom. The van der Waals surface area contributed by atoms with Gasteiger partial charge in [0, 0.05) is 18.8 Å². The molecule has 0 unspecified atom stereocenters. The first-order chi connectivity index (χ1) is 13.2. The van der Waals surface area contributed by atoms with Gasteiger partial charge in [-0.15, -0.1) is 0 Å². The van der Waals surface area contributed by atoms with Gasteiger partial charge in [-0.25, -0.2) is 8.42 Å². The molecule has 28 heavy (non-hydrogen) atoms. The molecule has 0 radical (unpaired) electrons. The molecule has 7 heteroatoms. The number of ether oxygens (including phenoxy) is 1. The summed E-state index contributed by atoms with van der Waals surface area (Å²) in [4.78, 5) is 12.6. The van der Waals surface area contributed by atoms with Gasteiger partial charge in [0.25, 0.3) is 5.91 Å². The Morgan fingerprint density at radius 3 is 2.25 bits per heavy atom. The van der Waals surface area contributed by atoms with Crippen LogP contribution in [0.5, 0.6) is 5.75 Å². The third-order valence-electron chi connectivity index (χ3n) is 4.48. The van der Waals surface area contributed by atoms with Gasteiger partial charge in [-0.1, -0.05) is 26.0 Å². The van der Waals surface area contributed by atoms with Crippen molar-refractivity contribution in [2.75, 3.05) is 18.4 Å². The standard InChI is InChI=1S/C21H28N2O4S/c1-6-23(7-2)28(25,26)19-12-10-18(11-13-19)22-21(24)17(5)27-20-14-15(3)8-9-16(20)4/h8-14,17H,6-7H2,1-5H3,(H,22,24)/t17-/m1/s1. The summed E-state index contributed by atoms with van der Waals surface area (Å²) < 4.78 is 32.2. The Hall–Kier alpha value is -2.38. The summed E-state index contributed by atoms with van der Waals surface area (Å²) in [5.41, 5.74) is 2.52. The molecular formula is C21H28N2O4S. The van der Waals surface area contributed by atoms with Gasteiger partial charge in [-0.05, 0) is 62.2 Å². The molecule has 152 valence electrons. The van der Waals surface area contributed by atoms with E-state index in [1.54, 1.807) is 32.9 Å². The first-order valence-electron chi connectivity index (χ1n) is 9.34. The highest BCUT2D eigenvalue weighted by molar-refractivity contribution is 7.89. The summed E-state index contributed by atoms with van der Waals surface area (Å²) in [5.74, 6) is 0.364. The Labute approximate surface area is 167 Å². The quantitative estimate of drug-likeness (QED) is 0.727. The zero-order chi connectivity index (χ0) is 20.9. The molecule has 2 aromatic rings. The van der Waals surface area contributed by atoms with Crippen LogP contribution in [0.4, 0.5) is 5.69 Å². The second kappa shape index (κ2) is 9.21. The van der Waals surface area contributed by atoms with Gasteiger partial charge in [0.05, 0.1) is 4.90 Å². The molecule has 0 saturated heterocycles. The average Bonchev–Trinajstić information content (AvgIpc) is 2.65. The molecule has 0 aliphatic carbocycles. The van der Waals surface area contributed by atoms with E-state index in [9.17, 15) is 13.2 Å². The van der Waals surface area contributed by atoms with Crippen molar-refractivity contribution in [3.8, 4) is 5.75 Å². The zero-order valence-electron chi connectivity index (χ0n) is 17.0. The first kappa shape index (κ1) is 21.9. The number of carbonyl (C=O) groups excluding carboxylic acids is 1. The maximum Gasteiger partial charge on any atom is 0.265 e. The normalized spacial score (nSPS) is 12.6. The van der Waals surface area contributed by atoms with Crippen molar-refractivity contribution in [2.24, 2.45) is 0 Å². The number of hydrogen-bond donors (Lipinski definition) is 1. The van der Waals surface area contributed by atoms with Gasteiger partial charge in [-0.2, -0.15) is 4.31 Å². The summed E-state index contributed by atoms with van der Waals surface area (Å²) in [5, 5.41) is 2.76. The molecule has 1 N–H and O–H groups in total. The smallest absolute Gasteiger partial charge is 0.265 e. The summed E-state index contributed by atoms with van der Waals surface area (Å²) in [7, 11) is -3.52. The molecule has 0 aromatic heterocycles. The average molecular weight is 405 g/mol. The van der Waals surface area contributed by atoms with Crippen LogP contribution in [0.15, 0.2) is 47.4 Å². The summed E-state index contributed by atoms with van der Waals surface area (Å²) >= 11 is 0. The van der Waals surface area contributed by atoms with Gasteiger partial charge in [0.1, 0.15) is 5.75 Å². The molecule has 0 saturated carbocycles. The summed E-state index contributed by atoms with van der Waals surface area (Å²) in [6.07, 6.45) is -0.695. The van der Waals surface area contributed by atoms with Crippen LogP contribution < -0.4 is 10.1 Å². The maximum absolute atomic E-state index is 12.5. The van der Waals surface area contributed by atoms with Crippen molar-refractivity contribution in [3.63, 3.8) is 0 Å². The molecule has 6 nitrogen and oxygen atoms in total. The molecule has 0 aliphatic rings. The van der Waals surface area contributed by atoms with E-state index in [2.05, 4.69) is 5.32 Å². The Morgan fingerprint density at radius 1 is 1.07 bits per heavy atom. The SMILES string of the molecule is CCN(CC)S(=O)(=O)c1ccc(NC(=O)[C@@H](C)Oc2cc(C)ccc2C)cc1. The molecule has 0 fully saturated rings. The van der Waals surface area contributed by atoms with Gasteiger partial charge >= 0.3 is 0 Å². The fraction of sp³-hybridized carbons (Fsp3) is 0.381. The van der Waals surface area contributed by atoms with Crippen molar-refractivity contribution >= 4 is 21.6 Å². The lowest BCUT2D eigenvalue weighted by molar-refractivity contribution is -0.122. The van der Waals surface area contributed by atoms with E-state index < -0.39 is 16.1 Å². The molecule has 2 rings (SSSR count). The molecule has 0 spiro atoms. The Kier molecular flexibility index (Phi) is 7.21. The second-order valence-electron chi connectivity index (χ2n) is 6.63. The van der Waals surface area contributed by atoms with Crippen LogP contribution in [-0.4, -0.2) is 37.8 Å². The monoisotopic (exact) mass is 404 g/mol. The minimum absolute atomic E-state index is 0.203. The van der Waals surface area contributed by atoms with E-state index in [0.29, 0.717) is 24.5 Å². The molecule has 1 atom stereocenters. The lowest BCUT2D eigenvalue weighted by Gasteiger charge is -2.19. The Bertz CT molecular complexity index is 920. The van der Waals surface area contributed by atoms with Crippen LogP contribution in [0, 0.1) is 13.8 Å².